The molecule has 0 saturated heterocycles. The first-order valence-electron chi connectivity index (χ1n) is 21.0. The zero-order chi connectivity index (χ0) is 40.3. The average molecular weight is 778 g/mol. The lowest BCUT2D eigenvalue weighted by Gasteiger charge is -2.35. The number of nitrogens with zero attached hydrogens (tertiary/aromatic N) is 1. The fourth-order valence-corrected chi connectivity index (χ4v) is 10.1. The van der Waals surface area contributed by atoms with Crippen LogP contribution in [0.2, 0.25) is 0 Å². The number of anilines is 3. The summed E-state index contributed by atoms with van der Waals surface area (Å²) >= 11 is 0. The number of hydrogen-bond donors (Lipinski definition) is 0. The van der Waals surface area contributed by atoms with E-state index in [1.165, 1.54) is 55.3 Å². The normalized spacial score (nSPS) is 12.7. The van der Waals surface area contributed by atoms with E-state index in [9.17, 15) is 0 Å². The molecule has 0 N–H and O–H groups in total. The second-order valence-electron chi connectivity index (χ2n) is 16.0. The van der Waals surface area contributed by atoms with Crippen LogP contribution in [0.3, 0.4) is 0 Å². The molecule has 1 aromatic heterocycles. The summed E-state index contributed by atoms with van der Waals surface area (Å²) < 4.78 is 6.80. The zero-order valence-electron chi connectivity index (χ0n) is 33.4. The molecule has 2 nitrogen and oxygen atoms in total. The molecule has 1 aliphatic rings. The van der Waals surface area contributed by atoms with E-state index < -0.39 is 5.41 Å². The van der Waals surface area contributed by atoms with E-state index in [-0.39, 0.29) is 0 Å². The minimum absolute atomic E-state index is 0.536. The van der Waals surface area contributed by atoms with Gasteiger partial charge in [0.25, 0.3) is 0 Å². The van der Waals surface area contributed by atoms with Crippen LogP contribution in [0.1, 0.15) is 22.3 Å². The number of furan rings is 1. The second kappa shape index (κ2) is 14.1. The van der Waals surface area contributed by atoms with Gasteiger partial charge in [-0.1, -0.05) is 194 Å². The molecule has 2 heteroatoms. The molecule has 0 aliphatic heterocycles. The maximum absolute atomic E-state index is 6.80. The quantitative estimate of drug-likeness (QED) is 0.160. The van der Waals surface area contributed by atoms with Gasteiger partial charge in [-0.05, 0) is 109 Å². The van der Waals surface area contributed by atoms with Crippen LogP contribution in [0.25, 0.3) is 66.1 Å². The molecule has 286 valence electrons. The van der Waals surface area contributed by atoms with Crippen LogP contribution in [0.5, 0.6) is 0 Å². The van der Waals surface area contributed by atoms with Crippen molar-refractivity contribution in [3.63, 3.8) is 0 Å². The highest BCUT2D eigenvalue weighted by Gasteiger charge is 2.46. The Morgan fingerprint density at radius 1 is 0.344 bits per heavy atom. The lowest BCUT2D eigenvalue weighted by atomic mass is 9.67. The Labute approximate surface area is 355 Å². The van der Waals surface area contributed by atoms with Crippen molar-refractivity contribution >= 4 is 49.8 Å². The van der Waals surface area contributed by atoms with Crippen LogP contribution in [0.15, 0.2) is 241 Å². The summed E-state index contributed by atoms with van der Waals surface area (Å²) in [5.41, 5.74) is 16.5. The maximum Gasteiger partial charge on any atom is 0.159 e. The van der Waals surface area contributed by atoms with E-state index in [2.05, 4.69) is 235 Å². The third kappa shape index (κ3) is 5.50. The van der Waals surface area contributed by atoms with Gasteiger partial charge in [0.1, 0.15) is 5.58 Å². The van der Waals surface area contributed by atoms with Crippen LogP contribution in [-0.4, -0.2) is 0 Å². The van der Waals surface area contributed by atoms with Gasteiger partial charge in [-0.3, -0.25) is 0 Å². The molecule has 0 bridgehead atoms. The Kier molecular flexibility index (Phi) is 8.11. The minimum atomic E-state index is -0.536. The molecule has 11 aromatic rings. The van der Waals surface area contributed by atoms with Crippen molar-refractivity contribution in [1.29, 1.82) is 0 Å². The largest absolute Gasteiger partial charge is 0.454 e. The van der Waals surface area contributed by atoms with Gasteiger partial charge < -0.3 is 9.32 Å². The first-order chi connectivity index (χ1) is 30.3. The molecule has 1 aliphatic carbocycles. The summed E-state index contributed by atoms with van der Waals surface area (Å²) in [7, 11) is 0. The third-order valence-corrected chi connectivity index (χ3v) is 12.7. The van der Waals surface area contributed by atoms with Crippen molar-refractivity contribution in [2.24, 2.45) is 0 Å². The monoisotopic (exact) mass is 777 g/mol. The number of hydrogen-bond acceptors (Lipinski definition) is 2. The van der Waals surface area contributed by atoms with Crippen molar-refractivity contribution in [3.8, 4) is 33.4 Å². The van der Waals surface area contributed by atoms with Crippen LogP contribution < -0.4 is 4.90 Å². The Balaban J connectivity index is 1.09. The van der Waals surface area contributed by atoms with Crippen LogP contribution >= 0.6 is 0 Å². The number of fused-ring (bicyclic) bond motifs is 7. The van der Waals surface area contributed by atoms with Crippen LogP contribution in [0, 0.1) is 0 Å². The summed E-state index contributed by atoms with van der Waals surface area (Å²) in [6, 6.07) is 86.0. The first kappa shape index (κ1) is 35.0. The van der Waals surface area contributed by atoms with E-state index in [0.717, 1.165) is 50.1 Å². The lowest BCUT2D eigenvalue weighted by molar-refractivity contribution is 0.669. The molecule has 1 heterocycles. The molecule has 0 fully saturated rings. The predicted octanol–water partition coefficient (Wildman–Crippen LogP) is 15.9. The summed E-state index contributed by atoms with van der Waals surface area (Å²) in [6.07, 6.45) is 0. The van der Waals surface area contributed by atoms with Crippen LogP contribution in [-0.2, 0) is 5.41 Å². The van der Waals surface area contributed by atoms with E-state index >= 15 is 0 Å². The smallest absolute Gasteiger partial charge is 0.159 e. The SMILES string of the molecule is c1ccc(C2(c3ccccc3)c3ccccc3-c3ccc(N(c4cccc(-c5cccc(-c6cccc7ccccc67)c5)c4)c4cccc5c4oc4ccccc45)cc32)cc1. The summed E-state index contributed by atoms with van der Waals surface area (Å²) in [5.74, 6) is 0. The number of rotatable bonds is 7. The molecule has 12 rings (SSSR count). The van der Waals surface area contributed by atoms with E-state index in [4.69, 9.17) is 4.42 Å². The Morgan fingerprint density at radius 3 is 1.75 bits per heavy atom. The third-order valence-electron chi connectivity index (χ3n) is 12.7. The number of para-hydroxylation sites is 2. The minimum Gasteiger partial charge on any atom is -0.454 e. The fourth-order valence-electron chi connectivity index (χ4n) is 10.1. The zero-order valence-corrected chi connectivity index (χ0v) is 33.4. The van der Waals surface area contributed by atoms with Gasteiger partial charge in [-0.25, -0.2) is 0 Å². The number of benzene rings is 10. The highest BCUT2D eigenvalue weighted by Crippen LogP contribution is 2.57. The summed E-state index contributed by atoms with van der Waals surface area (Å²) in [6.45, 7) is 0. The molecule has 0 spiro atoms. The molecule has 0 unspecified atom stereocenters. The molecular weight excluding hydrogens is 739 g/mol. The van der Waals surface area contributed by atoms with Gasteiger partial charge in [-0.2, -0.15) is 0 Å². The molecule has 0 amide bonds. The standard InChI is InChI=1S/C59H39NO/c1-3-22-44(23-4-1)59(45-24-5-2-6-25-45)54-32-11-9-28-50(54)51-36-35-47(39-55(51)59)60(56-33-16-31-53-52-29-10-12-34-57(52)61-58(53)56)46-26-14-20-42(38-46)41-19-13-21-43(37-41)49-30-15-18-40-17-7-8-27-48(40)49/h1-39H. The van der Waals surface area contributed by atoms with Gasteiger partial charge in [0.05, 0.1) is 11.1 Å². The van der Waals surface area contributed by atoms with E-state index in [1.807, 2.05) is 6.07 Å². The van der Waals surface area contributed by atoms with E-state index in [0.29, 0.717) is 0 Å². The van der Waals surface area contributed by atoms with Crippen molar-refractivity contribution in [1.82, 2.24) is 0 Å². The molecule has 10 aromatic carbocycles. The highest BCUT2D eigenvalue weighted by atomic mass is 16.3. The maximum atomic E-state index is 6.80. The molecular formula is C59H39NO. The first-order valence-corrected chi connectivity index (χ1v) is 21.0. The molecule has 0 radical (unpaired) electrons. The summed E-state index contributed by atoms with van der Waals surface area (Å²) in [5, 5.41) is 4.69. The van der Waals surface area contributed by atoms with Gasteiger partial charge in [0.2, 0.25) is 0 Å². The Hall–Kier alpha value is -7.94. The van der Waals surface area contributed by atoms with Gasteiger partial charge >= 0.3 is 0 Å². The van der Waals surface area contributed by atoms with Gasteiger partial charge in [0.15, 0.2) is 5.58 Å². The predicted molar refractivity (Wildman–Crippen MR) is 254 cm³/mol. The van der Waals surface area contributed by atoms with E-state index in [1.54, 1.807) is 0 Å². The lowest BCUT2D eigenvalue weighted by Crippen LogP contribution is -2.28. The Bertz CT molecular complexity index is 3390. The van der Waals surface area contributed by atoms with Crippen molar-refractivity contribution < 1.29 is 4.42 Å². The molecule has 0 atom stereocenters. The fraction of sp³-hybridized carbons (Fsp3) is 0.0169. The molecule has 0 saturated carbocycles. The average Bonchev–Trinajstić information content (AvgIpc) is 3.86. The molecule has 61 heavy (non-hydrogen) atoms. The van der Waals surface area contributed by atoms with Crippen molar-refractivity contribution in [3.05, 3.63) is 259 Å². The van der Waals surface area contributed by atoms with Crippen molar-refractivity contribution in [2.75, 3.05) is 4.90 Å². The topological polar surface area (TPSA) is 16.4 Å². The van der Waals surface area contributed by atoms with Crippen LogP contribution in [0.4, 0.5) is 17.1 Å². The second-order valence-corrected chi connectivity index (χ2v) is 16.0. The summed E-state index contributed by atoms with van der Waals surface area (Å²) in [4.78, 5) is 2.40. The highest BCUT2D eigenvalue weighted by molar-refractivity contribution is 6.10. The van der Waals surface area contributed by atoms with Gasteiger partial charge in [0, 0.05) is 22.1 Å². The van der Waals surface area contributed by atoms with Gasteiger partial charge in [-0.15, -0.1) is 0 Å². The Morgan fingerprint density at radius 2 is 0.918 bits per heavy atom. The van der Waals surface area contributed by atoms with Crippen molar-refractivity contribution in [2.45, 2.75) is 5.41 Å².